The highest BCUT2D eigenvalue weighted by atomic mass is 19.1. The van der Waals surface area contributed by atoms with Gasteiger partial charge in [-0.1, -0.05) is 24.3 Å². The van der Waals surface area contributed by atoms with E-state index >= 15 is 0 Å². The van der Waals surface area contributed by atoms with Crippen molar-refractivity contribution in [2.24, 2.45) is 7.05 Å². The van der Waals surface area contributed by atoms with Gasteiger partial charge in [0.2, 0.25) is 5.91 Å². The molecule has 1 amide bonds. The van der Waals surface area contributed by atoms with Crippen LogP contribution >= 0.6 is 0 Å². The van der Waals surface area contributed by atoms with Gasteiger partial charge in [0.15, 0.2) is 11.6 Å². The van der Waals surface area contributed by atoms with Gasteiger partial charge in [-0.25, -0.2) is 9.37 Å². The maximum Gasteiger partial charge on any atom is 0.224 e. The molecule has 3 aromatic rings. The SMILES string of the molecule is C[C@H](NC(=O)CCOc1ccccc1F)c1nc2ccccc2n1C. The predicted molar refractivity (Wildman–Crippen MR) is 93.8 cm³/mol. The van der Waals surface area contributed by atoms with Crippen LogP contribution in [0.4, 0.5) is 4.39 Å². The van der Waals surface area contributed by atoms with E-state index in [2.05, 4.69) is 10.3 Å². The van der Waals surface area contributed by atoms with Gasteiger partial charge in [0.05, 0.1) is 30.1 Å². The highest BCUT2D eigenvalue weighted by Crippen LogP contribution is 2.19. The molecular weight excluding hydrogens is 321 g/mol. The molecule has 0 saturated carbocycles. The largest absolute Gasteiger partial charge is 0.490 e. The average Bonchev–Trinajstić information content (AvgIpc) is 2.94. The second-order valence-electron chi connectivity index (χ2n) is 5.84. The number of hydrogen-bond donors (Lipinski definition) is 1. The van der Waals surface area contributed by atoms with E-state index in [-0.39, 0.29) is 30.7 Å². The molecule has 0 aliphatic rings. The molecule has 0 radical (unpaired) electrons. The summed E-state index contributed by atoms with van der Waals surface area (Å²) in [5.41, 5.74) is 1.91. The van der Waals surface area contributed by atoms with Gasteiger partial charge < -0.3 is 14.6 Å². The fraction of sp³-hybridized carbons (Fsp3) is 0.263. The molecule has 0 unspecified atom stereocenters. The van der Waals surface area contributed by atoms with Gasteiger partial charge in [-0.05, 0) is 31.2 Å². The summed E-state index contributed by atoms with van der Waals surface area (Å²) in [5, 5.41) is 2.90. The number of ether oxygens (including phenoxy) is 1. The van der Waals surface area contributed by atoms with Crippen molar-refractivity contribution in [3.05, 3.63) is 60.2 Å². The third-order valence-electron chi connectivity index (χ3n) is 4.01. The number of fused-ring (bicyclic) bond motifs is 1. The molecule has 0 aliphatic heterocycles. The van der Waals surface area contributed by atoms with Gasteiger partial charge in [0.1, 0.15) is 5.82 Å². The Kier molecular flexibility index (Phi) is 4.97. The summed E-state index contributed by atoms with van der Waals surface area (Å²) in [6.07, 6.45) is 0.141. The number of imidazole rings is 1. The lowest BCUT2D eigenvalue weighted by atomic mass is 10.3. The van der Waals surface area contributed by atoms with Crippen molar-refractivity contribution in [3.8, 4) is 5.75 Å². The van der Waals surface area contributed by atoms with E-state index in [1.54, 1.807) is 12.1 Å². The first-order chi connectivity index (χ1) is 12.1. The highest BCUT2D eigenvalue weighted by molar-refractivity contribution is 5.78. The van der Waals surface area contributed by atoms with Crippen molar-refractivity contribution in [2.75, 3.05) is 6.61 Å². The minimum Gasteiger partial charge on any atom is -0.490 e. The lowest BCUT2D eigenvalue weighted by molar-refractivity contribution is -0.122. The Balaban J connectivity index is 1.57. The molecule has 0 aliphatic carbocycles. The van der Waals surface area contributed by atoms with Crippen molar-refractivity contribution in [1.82, 2.24) is 14.9 Å². The van der Waals surface area contributed by atoms with E-state index in [1.807, 2.05) is 42.8 Å². The molecule has 1 N–H and O–H groups in total. The maximum absolute atomic E-state index is 13.5. The molecule has 0 fully saturated rings. The Bertz CT molecular complexity index is 891. The van der Waals surface area contributed by atoms with Crippen LogP contribution < -0.4 is 10.1 Å². The summed E-state index contributed by atoms with van der Waals surface area (Å²) in [7, 11) is 1.93. The first kappa shape index (κ1) is 17.0. The number of halogens is 1. The fourth-order valence-electron chi connectivity index (χ4n) is 2.75. The van der Waals surface area contributed by atoms with Gasteiger partial charge in [-0.15, -0.1) is 0 Å². The zero-order valence-electron chi connectivity index (χ0n) is 14.2. The maximum atomic E-state index is 13.5. The van der Waals surface area contributed by atoms with Crippen LogP contribution in [-0.2, 0) is 11.8 Å². The zero-order valence-corrected chi connectivity index (χ0v) is 14.2. The van der Waals surface area contributed by atoms with Gasteiger partial charge in [-0.3, -0.25) is 4.79 Å². The number of nitrogens with zero attached hydrogens (tertiary/aromatic N) is 2. The Labute approximate surface area is 145 Å². The number of para-hydroxylation sites is 3. The van der Waals surface area contributed by atoms with Crippen LogP contribution in [0.15, 0.2) is 48.5 Å². The Hall–Kier alpha value is -2.89. The predicted octanol–water partition coefficient (Wildman–Crippen LogP) is 3.36. The van der Waals surface area contributed by atoms with Crippen molar-refractivity contribution in [3.63, 3.8) is 0 Å². The summed E-state index contributed by atoms with van der Waals surface area (Å²) >= 11 is 0. The molecule has 130 valence electrons. The first-order valence-electron chi connectivity index (χ1n) is 8.14. The van der Waals surface area contributed by atoms with Gasteiger partial charge >= 0.3 is 0 Å². The number of carbonyl (C=O) groups is 1. The average molecular weight is 341 g/mol. The van der Waals surface area contributed by atoms with Crippen molar-refractivity contribution in [2.45, 2.75) is 19.4 Å². The molecule has 25 heavy (non-hydrogen) atoms. The molecule has 1 heterocycles. The molecule has 0 saturated heterocycles. The number of aromatic nitrogens is 2. The van der Waals surface area contributed by atoms with Crippen molar-refractivity contribution >= 4 is 16.9 Å². The van der Waals surface area contributed by atoms with E-state index in [1.165, 1.54) is 12.1 Å². The number of aryl methyl sites for hydroxylation is 1. The molecule has 1 atom stereocenters. The third kappa shape index (κ3) is 3.79. The molecule has 6 heteroatoms. The molecule has 1 aromatic heterocycles. The van der Waals surface area contributed by atoms with E-state index in [4.69, 9.17) is 4.74 Å². The van der Waals surface area contributed by atoms with Crippen LogP contribution in [0.2, 0.25) is 0 Å². The number of nitrogens with one attached hydrogen (secondary N) is 1. The Morgan fingerprint density at radius 1 is 1.24 bits per heavy atom. The second kappa shape index (κ2) is 7.34. The van der Waals surface area contributed by atoms with Gasteiger partial charge in [0, 0.05) is 7.05 Å². The van der Waals surface area contributed by atoms with E-state index in [9.17, 15) is 9.18 Å². The van der Waals surface area contributed by atoms with E-state index in [0.29, 0.717) is 0 Å². The number of amides is 1. The van der Waals surface area contributed by atoms with Crippen LogP contribution in [0.3, 0.4) is 0 Å². The minimum atomic E-state index is -0.434. The number of carbonyl (C=O) groups excluding carboxylic acids is 1. The Morgan fingerprint density at radius 3 is 2.72 bits per heavy atom. The lowest BCUT2D eigenvalue weighted by Gasteiger charge is -2.14. The van der Waals surface area contributed by atoms with Crippen LogP contribution in [0, 0.1) is 5.82 Å². The number of benzene rings is 2. The second-order valence-corrected chi connectivity index (χ2v) is 5.84. The van der Waals surface area contributed by atoms with Crippen LogP contribution in [0.1, 0.15) is 25.2 Å². The summed E-state index contributed by atoms with van der Waals surface area (Å²) in [4.78, 5) is 16.7. The number of hydrogen-bond acceptors (Lipinski definition) is 3. The molecular formula is C19H20FN3O2. The van der Waals surface area contributed by atoms with Crippen LogP contribution in [0.25, 0.3) is 11.0 Å². The summed E-state index contributed by atoms with van der Waals surface area (Å²) < 4.78 is 20.7. The smallest absolute Gasteiger partial charge is 0.224 e. The molecule has 2 aromatic carbocycles. The number of rotatable bonds is 6. The first-order valence-corrected chi connectivity index (χ1v) is 8.14. The molecule has 0 bridgehead atoms. The molecule has 3 rings (SSSR count). The lowest BCUT2D eigenvalue weighted by Crippen LogP contribution is -2.29. The highest BCUT2D eigenvalue weighted by Gasteiger charge is 2.16. The minimum absolute atomic E-state index is 0.113. The summed E-state index contributed by atoms with van der Waals surface area (Å²) in [5.74, 6) is 0.329. The van der Waals surface area contributed by atoms with E-state index < -0.39 is 5.82 Å². The van der Waals surface area contributed by atoms with Crippen molar-refractivity contribution in [1.29, 1.82) is 0 Å². The summed E-state index contributed by atoms with van der Waals surface area (Å²) in [6, 6.07) is 13.7. The Morgan fingerprint density at radius 2 is 1.96 bits per heavy atom. The summed E-state index contributed by atoms with van der Waals surface area (Å²) in [6.45, 7) is 2.00. The zero-order chi connectivity index (χ0) is 17.8. The standard InChI is InChI=1S/C19H20FN3O2/c1-13(19-22-15-8-4-5-9-16(15)23(19)2)21-18(24)11-12-25-17-10-6-3-7-14(17)20/h3-10,13H,11-12H2,1-2H3,(H,21,24)/t13-/m0/s1. The van der Waals surface area contributed by atoms with Gasteiger partial charge in [-0.2, -0.15) is 0 Å². The quantitative estimate of drug-likeness (QED) is 0.748. The monoisotopic (exact) mass is 341 g/mol. The van der Waals surface area contributed by atoms with Crippen LogP contribution in [-0.4, -0.2) is 22.1 Å². The molecule has 0 spiro atoms. The third-order valence-corrected chi connectivity index (χ3v) is 4.01. The van der Waals surface area contributed by atoms with Crippen LogP contribution in [0.5, 0.6) is 5.75 Å². The topological polar surface area (TPSA) is 56.1 Å². The van der Waals surface area contributed by atoms with Gasteiger partial charge in [0.25, 0.3) is 0 Å². The van der Waals surface area contributed by atoms with E-state index in [0.717, 1.165) is 16.9 Å². The van der Waals surface area contributed by atoms with Crippen molar-refractivity contribution < 1.29 is 13.9 Å². The molecule has 5 nitrogen and oxygen atoms in total. The normalized spacial score (nSPS) is 12.1. The fourth-order valence-corrected chi connectivity index (χ4v) is 2.75.